The lowest BCUT2D eigenvalue weighted by atomic mass is 10.0. The molecule has 7 nitrogen and oxygen atoms in total. The number of aliphatic hydroxyl groups is 1. The van der Waals surface area contributed by atoms with Crippen molar-refractivity contribution in [2.24, 2.45) is 11.8 Å². The Morgan fingerprint density at radius 1 is 1.00 bits per heavy atom. The zero-order chi connectivity index (χ0) is 15.1. The van der Waals surface area contributed by atoms with Gasteiger partial charge in [0.1, 0.15) is 24.2 Å². The van der Waals surface area contributed by atoms with Gasteiger partial charge in [-0.15, -0.1) is 0 Å². The summed E-state index contributed by atoms with van der Waals surface area (Å²) >= 11 is 0. The van der Waals surface area contributed by atoms with Gasteiger partial charge in [0.05, 0.1) is 13.2 Å². The largest absolute Gasteiger partial charge is 0.465 e. The van der Waals surface area contributed by atoms with Crippen LogP contribution < -0.4 is 0 Å². The minimum atomic E-state index is -0.704. The molecule has 7 heteroatoms. The van der Waals surface area contributed by atoms with E-state index in [0.717, 1.165) is 0 Å². The van der Waals surface area contributed by atoms with Gasteiger partial charge >= 0.3 is 11.9 Å². The van der Waals surface area contributed by atoms with Crippen LogP contribution in [0.5, 0.6) is 0 Å². The minimum absolute atomic E-state index is 0. The lowest BCUT2D eigenvalue weighted by Gasteiger charge is -1.99. The topological polar surface area (TPSA) is 107 Å². The minimum Gasteiger partial charge on any atom is -0.465 e. The Morgan fingerprint density at radius 2 is 1.41 bits per heavy atom. The second kappa shape index (κ2) is 10.9. The number of carbonyl (C=O) groups excluding carboxylic acids is 4. The molecule has 128 valence electrons. The Morgan fingerprint density at radius 3 is 1.68 bits per heavy atom. The van der Waals surface area contributed by atoms with Gasteiger partial charge in [0, 0.05) is 19.3 Å². The molecule has 0 aromatic rings. The first-order valence-electron chi connectivity index (χ1n) is 6.50. The highest BCUT2D eigenvalue weighted by molar-refractivity contribution is 6.00. The van der Waals surface area contributed by atoms with E-state index >= 15 is 0 Å². The summed E-state index contributed by atoms with van der Waals surface area (Å²) in [6.45, 7) is 1.90. The molecule has 22 heavy (non-hydrogen) atoms. The van der Waals surface area contributed by atoms with Crippen LogP contribution in [0.3, 0.4) is 0 Å². The number of aliphatic hydroxyl groups excluding tert-OH is 1. The maximum Gasteiger partial charge on any atom is 0.316 e. The van der Waals surface area contributed by atoms with E-state index < -0.39 is 30.2 Å². The molecule has 2 rings (SSSR count). The van der Waals surface area contributed by atoms with Crippen LogP contribution in [0.2, 0.25) is 0 Å². The van der Waals surface area contributed by atoms with Gasteiger partial charge in [-0.25, -0.2) is 0 Å². The number of cyclic esters (lactones) is 2. The number of rotatable bonds is 4. The first-order chi connectivity index (χ1) is 9.51. The first-order valence-corrected chi connectivity index (χ1v) is 6.50. The Bertz CT molecular complexity index is 365. The fourth-order valence-corrected chi connectivity index (χ4v) is 1.93. The SMILES string of the molecule is C.C.CCC(=O)C1CCOC1=O.O=C(CO)C1CCOC1=O. The summed E-state index contributed by atoms with van der Waals surface area (Å²) in [5.41, 5.74) is 0. The Hall–Kier alpha value is -1.76. The third-order valence-corrected chi connectivity index (χ3v) is 3.15. The second-order valence-corrected chi connectivity index (χ2v) is 4.46. The number of esters is 2. The van der Waals surface area contributed by atoms with E-state index in [1.807, 2.05) is 0 Å². The molecular weight excluding hydrogens is 292 g/mol. The van der Waals surface area contributed by atoms with Crippen molar-refractivity contribution in [2.75, 3.05) is 19.8 Å². The van der Waals surface area contributed by atoms with Crippen molar-refractivity contribution in [1.29, 1.82) is 0 Å². The van der Waals surface area contributed by atoms with Gasteiger partial charge in [-0.1, -0.05) is 21.8 Å². The number of ether oxygens (including phenoxy) is 2. The van der Waals surface area contributed by atoms with Crippen molar-refractivity contribution in [1.82, 2.24) is 0 Å². The van der Waals surface area contributed by atoms with Crippen molar-refractivity contribution in [3.63, 3.8) is 0 Å². The highest BCUT2D eigenvalue weighted by atomic mass is 16.5. The van der Waals surface area contributed by atoms with Crippen LogP contribution in [0.25, 0.3) is 0 Å². The quantitative estimate of drug-likeness (QED) is 0.606. The van der Waals surface area contributed by atoms with Crippen molar-refractivity contribution < 1.29 is 33.8 Å². The molecule has 0 aromatic carbocycles. The molecule has 2 aliphatic heterocycles. The van der Waals surface area contributed by atoms with E-state index in [1.165, 1.54) is 0 Å². The summed E-state index contributed by atoms with van der Waals surface area (Å²) in [4.78, 5) is 42.9. The van der Waals surface area contributed by atoms with Gasteiger partial charge in [0.15, 0.2) is 5.78 Å². The molecule has 0 spiro atoms. The number of carbonyl (C=O) groups is 4. The molecule has 0 aliphatic carbocycles. The zero-order valence-corrected chi connectivity index (χ0v) is 11.3. The molecule has 0 radical (unpaired) electrons. The number of hydrogen-bond acceptors (Lipinski definition) is 7. The Balaban J connectivity index is 0. The van der Waals surface area contributed by atoms with Crippen LogP contribution in [0.15, 0.2) is 0 Å². The van der Waals surface area contributed by atoms with Crippen LogP contribution in [-0.4, -0.2) is 48.4 Å². The first kappa shape index (κ1) is 22.5. The normalized spacial score (nSPS) is 22.3. The summed E-state index contributed by atoms with van der Waals surface area (Å²) in [6, 6.07) is 0. The smallest absolute Gasteiger partial charge is 0.316 e. The second-order valence-electron chi connectivity index (χ2n) is 4.46. The van der Waals surface area contributed by atoms with E-state index in [9.17, 15) is 19.2 Å². The highest BCUT2D eigenvalue weighted by Gasteiger charge is 2.32. The maximum absolute atomic E-state index is 10.9. The third kappa shape index (κ3) is 5.93. The van der Waals surface area contributed by atoms with Crippen molar-refractivity contribution in [3.05, 3.63) is 0 Å². The van der Waals surface area contributed by atoms with Crippen molar-refractivity contribution in [3.8, 4) is 0 Å². The van der Waals surface area contributed by atoms with Gasteiger partial charge in [-0.2, -0.15) is 0 Å². The summed E-state index contributed by atoms with van der Waals surface area (Å²) in [5.74, 6) is -2.44. The van der Waals surface area contributed by atoms with Crippen LogP contribution in [0, 0.1) is 11.8 Å². The average Bonchev–Trinajstić information content (AvgIpc) is 3.06. The van der Waals surface area contributed by atoms with Crippen LogP contribution in [-0.2, 0) is 28.7 Å². The number of Topliss-reactive ketones (excluding diaryl/α,β-unsaturated/α-hetero) is 2. The van der Waals surface area contributed by atoms with Crippen LogP contribution in [0.4, 0.5) is 0 Å². The van der Waals surface area contributed by atoms with Gasteiger partial charge in [0.2, 0.25) is 0 Å². The molecular formula is C15H26O7. The van der Waals surface area contributed by atoms with Gasteiger partial charge < -0.3 is 14.6 Å². The van der Waals surface area contributed by atoms with Gasteiger partial charge in [-0.05, 0) is 0 Å². The molecule has 0 aromatic heterocycles. The van der Waals surface area contributed by atoms with E-state index in [0.29, 0.717) is 32.5 Å². The van der Waals surface area contributed by atoms with Crippen LogP contribution in [0.1, 0.15) is 41.0 Å². The lowest BCUT2D eigenvalue weighted by molar-refractivity contribution is -0.146. The molecule has 2 heterocycles. The fourth-order valence-electron chi connectivity index (χ4n) is 1.93. The lowest BCUT2D eigenvalue weighted by Crippen LogP contribution is -2.21. The molecule has 2 fully saturated rings. The van der Waals surface area contributed by atoms with Crippen molar-refractivity contribution >= 4 is 23.5 Å². The fraction of sp³-hybridized carbons (Fsp3) is 0.733. The van der Waals surface area contributed by atoms with E-state index in [2.05, 4.69) is 9.47 Å². The number of ketones is 2. The van der Waals surface area contributed by atoms with E-state index in [4.69, 9.17) is 5.11 Å². The predicted octanol–water partition coefficient (Wildman–Crippen LogP) is 0.912. The molecule has 2 unspecified atom stereocenters. The van der Waals surface area contributed by atoms with E-state index in [1.54, 1.807) is 6.92 Å². The monoisotopic (exact) mass is 318 g/mol. The number of hydrogen-bond donors (Lipinski definition) is 1. The molecule has 2 saturated heterocycles. The van der Waals surface area contributed by atoms with E-state index in [-0.39, 0.29) is 26.6 Å². The highest BCUT2D eigenvalue weighted by Crippen LogP contribution is 2.16. The Labute approximate surface area is 131 Å². The molecule has 0 bridgehead atoms. The van der Waals surface area contributed by atoms with Gasteiger partial charge in [0.25, 0.3) is 0 Å². The molecule has 0 saturated carbocycles. The molecule has 1 N–H and O–H groups in total. The molecule has 2 aliphatic rings. The average molecular weight is 318 g/mol. The standard InChI is InChI=1S/C7H10O3.C6H8O4.2CH4/c1-2-6(8)5-3-4-10-7(5)9;7-3-5(8)4-1-2-10-6(4)9;;/h5H,2-4H2,1H3;4,7H,1-3H2;2*1H4. The summed E-state index contributed by atoms with van der Waals surface area (Å²) < 4.78 is 9.15. The molecule has 2 atom stereocenters. The zero-order valence-electron chi connectivity index (χ0n) is 11.3. The van der Waals surface area contributed by atoms with Crippen LogP contribution >= 0.6 is 0 Å². The van der Waals surface area contributed by atoms with Gasteiger partial charge in [-0.3, -0.25) is 19.2 Å². The Kier molecular flexibility index (Phi) is 11.2. The summed E-state index contributed by atoms with van der Waals surface area (Å²) in [6.07, 6.45) is 1.42. The summed E-state index contributed by atoms with van der Waals surface area (Å²) in [7, 11) is 0. The third-order valence-electron chi connectivity index (χ3n) is 3.15. The summed E-state index contributed by atoms with van der Waals surface area (Å²) in [5, 5.41) is 8.36. The predicted molar refractivity (Wildman–Crippen MR) is 79.0 cm³/mol. The van der Waals surface area contributed by atoms with Crippen molar-refractivity contribution in [2.45, 2.75) is 41.0 Å². The maximum atomic E-state index is 10.9. The molecule has 0 amide bonds.